The van der Waals surface area contributed by atoms with E-state index in [0.29, 0.717) is 12.1 Å². The smallest absolute Gasteiger partial charge is 0.292 e. The van der Waals surface area contributed by atoms with E-state index >= 15 is 0 Å². The maximum absolute atomic E-state index is 12.9. The molecule has 0 bridgehead atoms. The number of pyridine rings is 1. The van der Waals surface area contributed by atoms with Gasteiger partial charge in [-0.05, 0) is 56.0 Å². The number of aromatic nitrogens is 2. The highest BCUT2D eigenvalue weighted by molar-refractivity contribution is 6.06. The van der Waals surface area contributed by atoms with Crippen molar-refractivity contribution >= 4 is 23.0 Å². The third kappa shape index (κ3) is 3.86. The van der Waals surface area contributed by atoms with Crippen molar-refractivity contribution in [3.63, 3.8) is 0 Å². The molecule has 2 aromatic heterocycles. The van der Waals surface area contributed by atoms with Crippen molar-refractivity contribution in [3.05, 3.63) is 65.2 Å². The molecule has 3 aromatic rings. The number of nitrogens with one attached hydrogen (secondary N) is 2. The fourth-order valence-electron chi connectivity index (χ4n) is 3.53. The number of anilines is 1. The number of hydrogen-bond acceptors (Lipinski definition) is 4. The molecule has 150 valence electrons. The summed E-state index contributed by atoms with van der Waals surface area (Å²) in [4.78, 5) is 30.1. The number of benzene rings is 1. The Bertz CT molecular complexity index is 1070. The molecule has 2 amide bonds. The standard InChI is InChI=1S/C22H24N4O3/c1-14-7-5-9-17(15(14)2)24-22(28)20-25-19(18-10-3-4-11-26(18)20)21(27)23-13-16-8-6-12-29-16/h3-5,7,9-11,16H,6,8,12-13H2,1-2H3,(H,23,27)(H,24,28). The lowest BCUT2D eigenvalue weighted by Gasteiger charge is -2.09. The number of imidazole rings is 1. The Hall–Kier alpha value is -3.19. The Labute approximate surface area is 169 Å². The van der Waals surface area contributed by atoms with Crippen molar-refractivity contribution in [2.45, 2.75) is 32.8 Å². The van der Waals surface area contributed by atoms with Gasteiger partial charge in [0, 0.05) is 25.0 Å². The average Bonchev–Trinajstić information content (AvgIpc) is 3.37. The van der Waals surface area contributed by atoms with Crippen LogP contribution in [-0.2, 0) is 4.74 Å². The van der Waals surface area contributed by atoms with Crippen LogP contribution in [0.2, 0.25) is 0 Å². The Balaban J connectivity index is 1.60. The van der Waals surface area contributed by atoms with E-state index in [9.17, 15) is 9.59 Å². The average molecular weight is 392 g/mol. The first-order chi connectivity index (χ1) is 14.0. The minimum Gasteiger partial charge on any atom is -0.376 e. The lowest BCUT2D eigenvalue weighted by molar-refractivity contribution is 0.0855. The summed E-state index contributed by atoms with van der Waals surface area (Å²) in [7, 11) is 0. The van der Waals surface area contributed by atoms with Crippen LogP contribution in [0.25, 0.3) is 5.52 Å². The van der Waals surface area contributed by atoms with E-state index in [1.54, 1.807) is 22.7 Å². The van der Waals surface area contributed by atoms with Gasteiger partial charge in [-0.2, -0.15) is 0 Å². The van der Waals surface area contributed by atoms with Gasteiger partial charge < -0.3 is 15.4 Å². The zero-order chi connectivity index (χ0) is 20.4. The van der Waals surface area contributed by atoms with Crippen molar-refractivity contribution in [1.29, 1.82) is 0 Å². The zero-order valence-corrected chi connectivity index (χ0v) is 16.6. The zero-order valence-electron chi connectivity index (χ0n) is 16.6. The SMILES string of the molecule is Cc1cccc(NC(=O)c2nc(C(=O)NCC3CCCO3)c3ccccn23)c1C. The molecule has 0 spiro atoms. The number of hydrogen-bond donors (Lipinski definition) is 2. The van der Waals surface area contributed by atoms with E-state index in [-0.39, 0.29) is 29.4 Å². The second-order valence-corrected chi connectivity index (χ2v) is 7.29. The van der Waals surface area contributed by atoms with Gasteiger partial charge in [0.1, 0.15) is 0 Å². The third-order valence-electron chi connectivity index (χ3n) is 5.33. The van der Waals surface area contributed by atoms with Crippen molar-refractivity contribution in [2.75, 3.05) is 18.5 Å². The largest absolute Gasteiger partial charge is 0.376 e. The highest BCUT2D eigenvalue weighted by atomic mass is 16.5. The van der Waals surface area contributed by atoms with Gasteiger partial charge in [0.15, 0.2) is 5.69 Å². The van der Waals surface area contributed by atoms with Crippen LogP contribution in [0.1, 0.15) is 45.1 Å². The van der Waals surface area contributed by atoms with Crippen molar-refractivity contribution in [1.82, 2.24) is 14.7 Å². The van der Waals surface area contributed by atoms with Gasteiger partial charge in [-0.1, -0.05) is 18.2 Å². The summed E-state index contributed by atoms with van der Waals surface area (Å²) in [6.45, 7) is 5.12. The second kappa shape index (κ2) is 8.05. The van der Waals surface area contributed by atoms with Gasteiger partial charge in [-0.3, -0.25) is 14.0 Å². The molecule has 1 aromatic carbocycles. The van der Waals surface area contributed by atoms with E-state index in [2.05, 4.69) is 15.6 Å². The first-order valence-electron chi connectivity index (χ1n) is 9.79. The number of amides is 2. The predicted molar refractivity (Wildman–Crippen MR) is 110 cm³/mol. The number of aryl methyl sites for hydroxylation is 1. The quantitative estimate of drug-likeness (QED) is 0.699. The Kier molecular flexibility index (Phi) is 5.31. The van der Waals surface area contributed by atoms with Gasteiger partial charge in [-0.25, -0.2) is 4.98 Å². The topological polar surface area (TPSA) is 84.7 Å². The fraction of sp³-hybridized carbons (Fsp3) is 0.318. The number of fused-ring (bicyclic) bond motifs is 1. The van der Waals surface area contributed by atoms with Gasteiger partial charge in [0.05, 0.1) is 11.6 Å². The summed E-state index contributed by atoms with van der Waals surface area (Å²) in [6, 6.07) is 11.1. The molecule has 0 saturated carbocycles. The summed E-state index contributed by atoms with van der Waals surface area (Å²) >= 11 is 0. The maximum Gasteiger partial charge on any atom is 0.292 e. The van der Waals surface area contributed by atoms with Gasteiger partial charge in [-0.15, -0.1) is 0 Å². The van der Waals surface area contributed by atoms with Crippen molar-refractivity contribution in [3.8, 4) is 0 Å². The number of carbonyl (C=O) groups excluding carboxylic acids is 2. The summed E-state index contributed by atoms with van der Waals surface area (Å²) in [5.74, 6) is -0.503. The first kappa shape index (κ1) is 19.1. The minimum atomic E-state index is -0.363. The Morgan fingerprint density at radius 1 is 1.17 bits per heavy atom. The molecule has 7 heteroatoms. The molecule has 1 aliphatic rings. The highest BCUT2D eigenvalue weighted by Crippen LogP contribution is 2.20. The van der Waals surface area contributed by atoms with Crippen molar-refractivity contribution in [2.24, 2.45) is 0 Å². The second-order valence-electron chi connectivity index (χ2n) is 7.29. The van der Waals surface area contributed by atoms with Crippen LogP contribution in [0.4, 0.5) is 5.69 Å². The molecular formula is C22H24N4O3. The Morgan fingerprint density at radius 2 is 2.03 bits per heavy atom. The lowest BCUT2D eigenvalue weighted by Crippen LogP contribution is -2.32. The molecule has 0 aliphatic carbocycles. The molecule has 1 saturated heterocycles. The van der Waals surface area contributed by atoms with Crippen LogP contribution >= 0.6 is 0 Å². The summed E-state index contributed by atoms with van der Waals surface area (Å²) < 4.78 is 7.19. The summed E-state index contributed by atoms with van der Waals surface area (Å²) in [5, 5.41) is 5.79. The molecule has 4 rings (SSSR count). The molecule has 29 heavy (non-hydrogen) atoms. The normalized spacial score (nSPS) is 16.1. The van der Waals surface area contributed by atoms with Crippen molar-refractivity contribution < 1.29 is 14.3 Å². The van der Waals surface area contributed by atoms with E-state index in [1.165, 1.54) is 0 Å². The van der Waals surface area contributed by atoms with E-state index < -0.39 is 0 Å². The van der Waals surface area contributed by atoms with Gasteiger partial charge in [0.2, 0.25) is 5.82 Å². The van der Waals surface area contributed by atoms with Crippen LogP contribution in [-0.4, -0.2) is 40.5 Å². The molecule has 1 atom stereocenters. The summed E-state index contributed by atoms with van der Waals surface area (Å²) in [6.07, 6.45) is 3.72. The predicted octanol–water partition coefficient (Wildman–Crippen LogP) is 3.11. The van der Waals surface area contributed by atoms with Crippen LogP contribution in [0.5, 0.6) is 0 Å². The highest BCUT2D eigenvalue weighted by Gasteiger charge is 2.23. The maximum atomic E-state index is 12.9. The molecule has 7 nitrogen and oxygen atoms in total. The number of nitrogens with zero attached hydrogens (tertiary/aromatic N) is 2. The Morgan fingerprint density at radius 3 is 2.83 bits per heavy atom. The molecule has 1 aliphatic heterocycles. The number of carbonyl (C=O) groups is 2. The molecule has 1 fully saturated rings. The molecule has 0 radical (unpaired) electrons. The number of rotatable bonds is 5. The molecular weight excluding hydrogens is 368 g/mol. The number of ether oxygens (including phenoxy) is 1. The monoisotopic (exact) mass is 392 g/mol. The minimum absolute atomic E-state index is 0.0416. The van der Waals surface area contributed by atoms with E-state index in [1.807, 2.05) is 38.1 Å². The van der Waals surface area contributed by atoms with Gasteiger partial charge >= 0.3 is 0 Å². The lowest BCUT2D eigenvalue weighted by atomic mass is 10.1. The van der Waals surface area contributed by atoms with Crippen LogP contribution in [0.15, 0.2) is 42.6 Å². The molecule has 1 unspecified atom stereocenters. The van der Waals surface area contributed by atoms with Crippen LogP contribution in [0.3, 0.4) is 0 Å². The first-order valence-corrected chi connectivity index (χ1v) is 9.79. The van der Waals surface area contributed by atoms with Crippen LogP contribution < -0.4 is 10.6 Å². The molecule has 3 heterocycles. The summed E-state index contributed by atoms with van der Waals surface area (Å²) in [5.41, 5.74) is 3.63. The van der Waals surface area contributed by atoms with E-state index in [4.69, 9.17) is 4.74 Å². The third-order valence-corrected chi connectivity index (χ3v) is 5.33. The van der Waals surface area contributed by atoms with Gasteiger partial charge in [0.25, 0.3) is 11.8 Å². The van der Waals surface area contributed by atoms with Crippen LogP contribution in [0, 0.1) is 13.8 Å². The molecule has 2 N–H and O–H groups in total. The fourth-order valence-corrected chi connectivity index (χ4v) is 3.53. The van der Waals surface area contributed by atoms with E-state index in [0.717, 1.165) is 36.3 Å².